The van der Waals surface area contributed by atoms with E-state index in [1.54, 1.807) is 12.5 Å². The zero-order valence-electron chi connectivity index (χ0n) is 11.7. The van der Waals surface area contributed by atoms with Gasteiger partial charge in [-0.05, 0) is 12.0 Å². The van der Waals surface area contributed by atoms with Crippen molar-refractivity contribution in [3.8, 4) is 6.07 Å². The Bertz CT molecular complexity index is 593. The van der Waals surface area contributed by atoms with Crippen LogP contribution in [0, 0.1) is 17.2 Å². The van der Waals surface area contributed by atoms with Crippen molar-refractivity contribution in [3.63, 3.8) is 0 Å². The molecule has 0 saturated heterocycles. The van der Waals surface area contributed by atoms with Crippen LogP contribution in [0.5, 0.6) is 0 Å². The Hall–Kier alpha value is -2.09. The van der Waals surface area contributed by atoms with E-state index < -0.39 is 0 Å². The smallest absolute Gasteiger partial charge is 0.156 e. The average molecular weight is 257 g/mol. The van der Waals surface area contributed by atoms with Crippen molar-refractivity contribution < 1.29 is 0 Å². The molecule has 5 nitrogen and oxygen atoms in total. The van der Waals surface area contributed by atoms with Crippen LogP contribution in [0.4, 0.5) is 5.82 Å². The van der Waals surface area contributed by atoms with Crippen molar-refractivity contribution in [1.29, 1.82) is 5.26 Å². The lowest BCUT2D eigenvalue weighted by Crippen LogP contribution is -2.29. The summed E-state index contributed by atoms with van der Waals surface area (Å²) < 4.78 is 1.98. The molecule has 0 saturated carbocycles. The van der Waals surface area contributed by atoms with Gasteiger partial charge in [-0.15, -0.1) is 0 Å². The Balaban J connectivity index is 2.40. The van der Waals surface area contributed by atoms with E-state index in [1.165, 1.54) is 0 Å². The zero-order valence-corrected chi connectivity index (χ0v) is 11.7. The fourth-order valence-corrected chi connectivity index (χ4v) is 2.19. The molecular formula is C14H19N5. The Morgan fingerprint density at radius 3 is 2.89 bits per heavy atom. The Labute approximate surface area is 113 Å². The molecular weight excluding hydrogens is 238 g/mol. The summed E-state index contributed by atoms with van der Waals surface area (Å²) in [5.74, 6) is 1.39. The highest BCUT2D eigenvalue weighted by molar-refractivity contribution is 5.86. The van der Waals surface area contributed by atoms with Crippen molar-refractivity contribution in [3.05, 3.63) is 18.6 Å². The van der Waals surface area contributed by atoms with Gasteiger partial charge in [-0.25, -0.2) is 9.97 Å². The Morgan fingerprint density at radius 2 is 2.21 bits per heavy atom. The highest BCUT2D eigenvalue weighted by Gasteiger charge is 2.15. The first kappa shape index (κ1) is 13.3. The molecule has 0 aliphatic carbocycles. The molecule has 100 valence electrons. The van der Waals surface area contributed by atoms with Crippen molar-refractivity contribution in [1.82, 2.24) is 14.5 Å². The summed E-state index contributed by atoms with van der Waals surface area (Å²) in [7, 11) is 1.97. The molecule has 2 aromatic rings. The maximum atomic E-state index is 8.80. The topological polar surface area (TPSA) is 57.7 Å². The highest BCUT2D eigenvalue weighted by atomic mass is 15.2. The van der Waals surface area contributed by atoms with Crippen molar-refractivity contribution in [2.75, 3.05) is 18.0 Å². The number of aryl methyl sites for hydroxylation is 1. The van der Waals surface area contributed by atoms with Gasteiger partial charge in [0.15, 0.2) is 5.82 Å². The van der Waals surface area contributed by atoms with Crippen LogP contribution >= 0.6 is 0 Å². The maximum absolute atomic E-state index is 8.80. The third-order valence-corrected chi connectivity index (χ3v) is 3.00. The molecule has 0 amide bonds. The maximum Gasteiger partial charge on any atom is 0.156 e. The van der Waals surface area contributed by atoms with E-state index in [0.717, 1.165) is 23.4 Å². The lowest BCUT2D eigenvalue weighted by molar-refractivity contribution is 0.609. The largest absolute Gasteiger partial charge is 0.353 e. The molecule has 2 rings (SSSR count). The lowest BCUT2D eigenvalue weighted by Gasteiger charge is -2.24. The van der Waals surface area contributed by atoms with Gasteiger partial charge in [-0.3, -0.25) is 0 Å². The molecule has 2 heterocycles. The van der Waals surface area contributed by atoms with Gasteiger partial charge in [0.25, 0.3) is 0 Å². The average Bonchev–Trinajstić information content (AvgIpc) is 2.76. The second-order valence-electron chi connectivity index (χ2n) is 5.11. The number of nitrogens with zero attached hydrogens (tertiary/aromatic N) is 5. The molecule has 0 aliphatic heterocycles. The highest BCUT2D eigenvalue weighted by Crippen LogP contribution is 2.23. The zero-order chi connectivity index (χ0) is 13.8. The van der Waals surface area contributed by atoms with E-state index in [9.17, 15) is 0 Å². The van der Waals surface area contributed by atoms with E-state index in [-0.39, 0.29) is 0 Å². The predicted molar refractivity (Wildman–Crippen MR) is 75.8 cm³/mol. The first-order valence-electron chi connectivity index (χ1n) is 6.51. The van der Waals surface area contributed by atoms with Crippen LogP contribution in [0.2, 0.25) is 0 Å². The number of hydrogen-bond donors (Lipinski definition) is 0. The molecule has 0 bridgehead atoms. The van der Waals surface area contributed by atoms with Crippen LogP contribution in [0.25, 0.3) is 11.0 Å². The fraction of sp³-hybridized carbons (Fsp3) is 0.500. The van der Waals surface area contributed by atoms with Crippen molar-refractivity contribution in [2.24, 2.45) is 13.0 Å². The van der Waals surface area contributed by atoms with Crippen LogP contribution in [0.3, 0.4) is 0 Å². The van der Waals surface area contributed by atoms with E-state index in [2.05, 4.69) is 34.8 Å². The molecule has 2 aromatic heterocycles. The molecule has 0 spiro atoms. The van der Waals surface area contributed by atoms with E-state index in [0.29, 0.717) is 18.9 Å². The second-order valence-corrected chi connectivity index (χ2v) is 5.11. The molecule has 0 N–H and O–H groups in total. The van der Waals surface area contributed by atoms with Gasteiger partial charge >= 0.3 is 0 Å². The van der Waals surface area contributed by atoms with Crippen LogP contribution in [-0.4, -0.2) is 27.6 Å². The number of imidazole rings is 1. The van der Waals surface area contributed by atoms with Gasteiger partial charge in [0.1, 0.15) is 5.52 Å². The predicted octanol–water partition coefficient (Wildman–Crippen LogP) is 2.34. The van der Waals surface area contributed by atoms with Gasteiger partial charge in [0, 0.05) is 26.3 Å². The van der Waals surface area contributed by atoms with Crippen LogP contribution < -0.4 is 4.90 Å². The molecule has 0 aromatic carbocycles. The summed E-state index contributed by atoms with van der Waals surface area (Å²) >= 11 is 0. The number of nitriles is 1. The van der Waals surface area contributed by atoms with Crippen molar-refractivity contribution >= 4 is 16.9 Å². The molecule has 5 heteroatoms. The van der Waals surface area contributed by atoms with Gasteiger partial charge in [0.2, 0.25) is 0 Å². The minimum atomic E-state index is 0.498. The number of rotatable bonds is 5. The normalized spacial score (nSPS) is 10.9. The van der Waals surface area contributed by atoms with E-state index in [1.807, 2.05) is 17.7 Å². The van der Waals surface area contributed by atoms with Gasteiger partial charge in [-0.2, -0.15) is 5.26 Å². The third-order valence-electron chi connectivity index (χ3n) is 3.00. The molecule has 0 unspecified atom stereocenters. The number of anilines is 1. The number of fused-ring (bicyclic) bond motifs is 1. The first-order chi connectivity index (χ1) is 9.13. The van der Waals surface area contributed by atoms with Gasteiger partial charge in [-0.1, -0.05) is 13.8 Å². The minimum Gasteiger partial charge on any atom is -0.353 e. The SMILES string of the molecule is CC(C)CN(CCC#N)c1nccc2c1ncn2C. The summed E-state index contributed by atoms with van der Waals surface area (Å²) in [6, 6.07) is 4.16. The Morgan fingerprint density at radius 1 is 1.42 bits per heavy atom. The number of hydrogen-bond acceptors (Lipinski definition) is 4. The monoisotopic (exact) mass is 257 g/mol. The van der Waals surface area contributed by atoms with Crippen LogP contribution in [0.15, 0.2) is 18.6 Å². The summed E-state index contributed by atoms with van der Waals surface area (Å²) in [6.45, 7) is 5.90. The number of aromatic nitrogens is 3. The standard InChI is InChI=1S/C14H19N5/c1-11(2)9-19(8-4-6-15)14-13-12(5-7-16-14)18(3)10-17-13/h5,7,10-11H,4,8-9H2,1-3H3. The second kappa shape index (κ2) is 5.70. The lowest BCUT2D eigenvalue weighted by atomic mass is 10.2. The molecule has 0 atom stereocenters. The molecule has 0 fully saturated rings. The fourth-order valence-electron chi connectivity index (χ4n) is 2.19. The van der Waals surface area contributed by atoms with Crippen LogP contribution in [-0.2, 0) is 7.05 Å². The quantitative estimate of drug-likeness (QED) is 0.825. The van der Waals surface area contributed by atoms with Gasteiger partial charge < -0.3 is 9.47 Å². The summed E-state index contributed by atoms with van der Waals surface area (Å²) in [6.07, 6.45) is 4.10. The van der Waals surface area contributed by atoms with Gasteiger partial charge in [0.05, 0.1) is 24.3 Å². The molecule has 0 aliphatic rings. The van der Waals surface area contributed by atoms with E-state index >= 15 is 0 Å². The summed E-state index contributed by atoms with van der Waals surface area (Å²) in [5.41, 5.74) is 1.97. The summed E-state index contributed by atoms with van der Waals surface area (Å²) in [5, 5.41) is 8.80. The first-order valence-corrected chi connectivity index (χ1v) is 6.51. The number of pyridine rings is 1. The molecule has 0 radical (unpaired) electrons. The summed E-state index contributed by atoms with van der Waals surface area (Å²) in [4.78, 5) is 11.1. The third kappa shape index (κ3) is 2.84. The minimum absolute atomic E-state index is 0.498. The van der Waals surface area contributed by atoms with Crippen molar-refractivity contribution in [2.45, 2.75) is 20.3 Å². The molecule has 19 heavy (non-hydrogen) atoms. The Kier molecular flexibility index (Phi) is 4.00. The van der Waals surface area contributed by atoms with Crippen LogP contribution in [0.1, 0.15) is 20.3 Å². The van der Waals surface area contributed by atoms with E-state index in [4.69, 9.17) is 5.26 Å².